The fourth-order valence-corrected chi connectivity index (χ4v) is 3.11. The Morgan fingerprint density at radius 3 is 2.77 bits per heavy atom. The fraction of sp³-hybridized carbons (Fsp3) is 0.688. The monoisotopic (exact) mass is 325 g/mol. The first kappa shape index (κ1) is 17.2. The zero-order valence-electron chi connectivity index (χ0n) is 13.7. The third kappa shape index (κ3) is 5.59. The van der Waals surface area contributed by atoms with E-state index in [2.05, 4.69) is 27.7 Å². The number of amides is 1. The van der Waals surface area contributed by atoms with Gasteiger partial charge in [-0.15, -0.1) is 11.3 Å². The van der Waals surface area contributed by atoms with Crippen molar-refractivity contribution in [2.75, 3.05) is 13.1 Å². The SMILES string of the molecule is CC(C)(C)OC(=O)NCC(CN)N(Cc1cccs1)C1CC1. The van der Waals surface area contributed by atoms with Gasteiger partial charge in [0.15, 0.2) is 0 Å². The zero-order chi connectivity index (χ0) is 16.2. The minimum Gasteiger partial charge on any atom is -0.444 e. The topological polar surface area (TPSA) is 67.6 Å². The second kappa shape index (κ2) is 7.44. The summed E-state index contributed by atoms with van der Waals surface area (Å²) < 4.78 is 5.29. The molecule has 22 heavy (non-hydrogen) atoms. The van der Waals surface area contributed by atoms with Crippen molar-refractivity contribution >= 4 is 17.4 Å². The Bertz CT molecular complexity index is 466. The van der Waals surface area contributed by atoms with Crippen LogP contribution >= 0.6 is 11.3 Å². The number of nitrogens with one attached hydrogen (secondary N) is 1. The van der Waals surface area contributed by atoms with Gasteiger partial charge in [-0.3, -0.25) is 4.90 Å². The summed E-state index contributed by atoms with van der Waals surface area (Å²) in [5, 5.41) is 4.95. The van der Waals surface area contributed by atoms with Crippen molar-refractivity contribution in [3.05, 3.63) is 22.4 Å². The minimum atomic E-state index is -0.477. The lowest BCUT2D eigenvalue weighted by Crippen LogP contribution is -2.49. The first-order valence-corrected chi connectivity index (χ1v) is 8.72. The zero-order valence-corrected chi connectivity index (χ0v) is 14.5. The van der Waals surface area contributed by atoms with Crippen LogP contribution in [-0.2, 0) is 11.3 Å². The fourth-order valence-electron chi connectivity index (χ4n) is 2.40. The first-order valence-electron chi connectivity index (χ1n) is 7.84. The standard InChI is InChI=1S/C16H27N3O2S/c1-16(2,3)21-15(20)18-10-13(9-17)19(12-6-7-12)11-14-5-4-8-22-14/h4-5,8,12-13H,6-7,9-11,17H2,1-3H3,(H,18,20). The number of thiophene rings is 1. The highest BCUT2D eigenvalue weighted by molar-refractivity contribution is 7.09. The largest absolute Gasteiger partial charge is 0.444 e. The van der Waals surface area contributed by atoms with Crippen molar-refractivity contribution in [1.82, 2.24) is 10.2 Å². The van der Waals surface area contributed by atoms with E-state index in [1.54, 1.807) is 11.3 Å². The third-order valence-electron chi connectivity index (χ3n) is 3.56. The van der Waals surface area contributed by atoms with Gasteiger partial charge in [0.2, 0.25) is 0 Å². The van der Waals surface area contributed by atoms with E-state index in [9.17, 15) is 4.79 Å². The lowest BCUT2D eigenvalue weighted by atomic mass is 10.2. The molecule has 1 aromatic rings. The summed E-state index contributed by atoms with van der Waals surface area (Å²) in [4.78, 5) is 15.6. The highest BCUT2D eigenvalue weighted by Crippen LogP contribution is 2.30. The van der Waals surface area contributed by atoms with Crippen LogP contribution in [0.25, 0.3) is 0 Å². The third-order valence-corrected chi connectivity index (χ3v) is 4.42. The van der Waals surface area contributed by atoms with Crippen molar-refractivity contribution in [3.63, 3.8) is 0 Å². The van der Waals surface area contributed by atoms with E-state index in [4.69, 9.17) is 10.5 Å². The van der Waals surface area contributed by atoms with Gasteiger partial charge in [0.05, 0.1) is 0 Å². The predicted molar refractivity (Wildman–Crippen MR) is 90.0 cm³/mol. The average Bonchev–Trinajstić information content (AvgIpc) is 3.13. The summed E-state index contributed by atoms with van der Waals surface area (Å²) in [6, 6.07) is 4.95. The van der Waals surface area contributed by atoms with Gasteiger partial charge in [0.25, 0.3) is 0 Å². The molecule has 124 valence electrons. The van der Waals surface area contributed by atoms with E-state index in [1.807, 2.05) is 20.8 Å². The molecule has 5 nitrogen and oxygen atoms in total. The van der Waals surface area contributed by atoms with Crippen LogP contribution < -0.4 is 11.1 Å². The van der Waals surface area contributed by atoms with Gasteiger partial charge in [0.1, 0.15) is 5.60 Å². The van der Waals surface area contributed by atoms with Gasteiger partial charge in [0, 0.05) is 36.6 Å². The lowest BCUT2D eigenvalue weighted by Gasteiger charge is -2.31. The Balaban J connectivity index is 1.89. The van der Waals surface area contributed by atoms with Crippen molar-refractivity contribution < 1.29 is 9.53 Å². The quantitative estimate of drug-likeness (QED) is 0.808. The number of alkyl carbamates (subject to hydrolysis) is 1. The summed E-state index contributed by atoms with van der Waals surface area (Å²) in [5.41, 5.74) is 5.47. The predicted octanol–water partition coefficient (Wildman–Crippen LogP) is 2.56. The molecule has 1 aromatic heterocycles. The number of ether oxygens (including phenoxy) is 1. The molecular weight excluding hydrogens is 298 g/mol. The maximum atomic E-state index is 11.8. The normalized spacial score (nSPS) is 16.6. The molecule has 1 fully saturated rings. The Labute approximate surface area is 136 Å². The average molecular weight is 325 g/mol. The Morgan fingerprint density at radius 1 is 1.55 bits per heavy atom. The molecule has 1 aliphatic rings. The summed E-state index contributed by atoms with van der Waals surface area (Å²) in [5.74, 6) is 0. The van der Waals surface area contributed by atoms with E-state index in [0.717, 1.165) is 6.54 Å². The van der Waals surface area contributed by atoms with Crippen LogP contribution in [-0.4, -0.2) is 41.8 Å². The molecule has 1 amide bonds. The van der Waals surface area contributed by atoms with Crippen LogP contribution in [0.5, 0.6) is 0 Å². The molecule has 0 saturated heterocycles. The molecule has 2 rings (SSSR count). The molecule has 0 aromatic carbocycles. The summed E-state index contributed by atoms with van der Waals surface area (Å²) in [6.45, 7) is 7.53. The van der Waals surface area contributed by atoms with Crippen molar-refractivity contribution in [1.29, 1.82) is 0 Å². The molecule has 1 unspecified atom stereocenters. The van der Waals surface area contributed by atoms with Crippen molar-refractivity contribution in [2.24, 2.45) is 5.73 Å². The van der Waals surface area contributed by atoms with E-state index in [0.29, 0.717) is 19.1 Å². The van der Waals surface area contributed by atoms with E-state index in [1.165, 1.54) is 17.7 Å². The number of rotatable bonds is 7. The molecule has 0 radical (unpaired) electrons. The molecule has 1 atom stereocenters. The Morgan fingerprint density at radius 2 is 2.27 bits per heavy atom. The highest BCUT2D eigenvalue weighted by Gasteiger charge is 2.33. The maximum absolute atomic E-state index is 11.8. The number of hydrogen-bond acceptors (Lipinski definition) is 5. The second-order valence-electron chi connectivity index (χ2n) is 6.76. The summed E-state index contributed by atoms with van der Waals surface area (Å²) in [6.07, 6.45) is 2.06. The van der Waals surface area contributed by atoms with Crippen LogP contribution in [0.1, 0.15) is 38.5 Å². The van der Waals surface area contributed by atoms with Crippen LogP contribution in [0.2, 0.25) is 0 Å². The smallest absolute Gasteiger partial charge is 0.407 e. The maximum Gasteiger partial charge on any atom is 0.407 e. The Hall–Kier alpha value is -1.11. The highest BCUT2D eigenvalue weighted by atomic mass is 32.1. The van der Waals surface area contributed by atoms with Crippen LogP contribution in [0.3, 0.4) is 0 Å². The Kier molecular flexibility index (Phi) is 5.83. The van der Waals surface area contributed by atoms with E-state index < -0.39 is 5.60 Å². The van der Waals surface area contributed by atoms with Crippen molar-refractivity contribution in [3.8, 4) is 0 Å². The van der Waals surface area contributed by atoms with Gasteiger partial charge in [-0.2, -0.15) is 0 Å². The van der Waals surface area contributed by atoms with Gasteiger partial charge < -0.3 is 15.8 Å². The van der Waals surface area contributed by atoms with Gasteiger partial charge in [-0.05, 0) is 45.1 Å². The summed E-state index contributed by atoms with van der Waals surface area (Å²) >= 11 is 1.76. The van der Waals surface area contributed by atoms with Gasteiger partial charge in [-0.1, -0.05) is 6.07 Å². The lowest BCUT2D eigenvalue weighted by molar-refractivity contribution is 0.0504. The van der Waals surface area contributed by atoms with E-state index >= 15 is 0 Å². The molecule has 1 heterocycles. The van der Waals surface area contributed by atoms with Gasteiger partial charge in [-0.25, -0.2) is 4.79 Å². The number of nitrogens with two attached hydrogens (primary N) is 1. The number of carbonyl (C=O) groups excluding carboxylic acids is 1. The molecule has 3 N–H and O–H groups in total. The van der Waals surface area contributed by atoms with Crippen LogP contribution in [0.15, 0.2) is 17.5 Å². The van der Waals surface area contributed by atoms with Gasteiger partial charge >= 0.3 is 6.09 Å². The van der Waals surface area contributed by atoms with Crippen molar-refractivity contribution in [2.45, 2.75) is 57.8 Å². The second-order valence-corrected chi connectivity index (χ2v) is 7.79. The molecule has 0 aliphatic heterocycles. The molecular formula is C16H27N3O2S. The van der Waals surface area contributed by atoms with Crippen LogP contribution in [0, 0.1) is 0 Å². The summed E-state index contributed by atoms with van der Waals surface area (Å²) in [7, 11) is 0. The minimum absolute atomic E-state index is 0.141. The molecule has 1 saturated carbocycles. The molecule has 0 bridgehead atoms. The number of hydrogen-bond donors (Lipinski definition) is 2. The number of nitrogens with zero attached hydrogens (tertiary/aromatic N) is 1. The molecule has 0 spiro atoms. The molecule has 1 aliphatic carbocycles. The number of carbonyl (C=O) groups is 1. The van der Waals surface area contributed by atoms with E-state index in [-0.39, 0.29) is 12.1 Å². The van der Waals surface area contributed by atoms with Crippen LogP contribution in [0.4, 0.5) is 4.79 Å². The first-order chi connectivity index (χ1) is 10.4. The molecule has 6 heteroatoms.